The van der Waals surface area contributed by atoms with E-state index in [1.54, 1.807) is 0 Å². The van der Waals surface area contributed by atoms with Crippen molar-refractivity contribution < 1.29 is 4.79 Å². The van der Waals surface area contributed by atoms with Crippen LogP contribution in [0.1, 0.15) is 6.42 Å². The second kappa shape index (κ2) is 3.55. The summed E-state index contributed by atoms with van der Waals surface area (Å²) in [5, 5.41) is 0. The Morgan fingerprint density at radius 1 is 1.75 bits per heavy atom. The zero-order valence-electron chi connectivity index (χ0n) is 4.55. The Labute approximate surface area is 54.2 Å². The average Bonchev–Trinajstić information content (AvgIpc) is 1.67. The number of rotatable bonds is 3. The van der Waals surface area contributed by atoms with E-state index in [4.69, 9.17) is 5.73 Å². The van der Waals surface area contributed by atoms with Gasteiger partial charge in [-0.1, -0.05) is 6.58 Å². The molecular weight excluding hydrogens is 122 g/mol. The standard InChI is InChI=1S/C5H9NOS/c1-4(2-3-8)5(6)7/h8H,1-3H2,(H2,6,7). The number of thiol groups is 1. The molecule has 0 bridgehead atoms. The van der Waals surface area contributed by atoms with Crippen LogP contribution in [0.15, 0.2) is 12.2 Å². The first kappa shape index (κ1) is 7.56. The summed E-state index contributed by atoms with van der Waals surface area (Å²) in [6, 6.07) is 0. The van der Waals surface area contributed by atoms with Gasteiger partial charge in [0.25, 0.3) is 0 Å². The number of carbonyl (C=O) groups excluding carboxylic acids is 1. The molecule has 0 radical (unpaired) electrons. The molecule has 0 aliphatic heterocycles. The molecule has 0 saturated heterocycles. The maximum atomic E-state index is 10.2. The number of carbonyl (C=O) groups is 1. The molecule has 0 fully saturated rings. The summed E-state index contributed by atoms with van der Waals surface area (Å²) >= 11 is 3.89. The predicted molar refractivity (Wildman–Crippen MR) is 36.8 cm³/mol. The molecule has 0 saturated carbocycles. The van der Waals surface area contributed by atoms with Crippen LogP contribution >= 0.6 is 12.6 Å². The van der Waals surface area contributed by atoms with Gasteiger partial charge in [0.05, 0.1) is 0 Å². The van der Waals surface area contributed by atoms with Crippen LogP contribution in [0.5, 0.6) is 0 Å². The van der Waals surface area contributed by atoms with Crippen molar-refractivity contribution in [1.29, 1.82) is 0 Å². The van der Waals surface area contributed by atoms with E-state index in [1.165, 1.54) is 0 Å². The fraction of sp³-hybridized carbons (Fsp3) is 0.400. The lowest BCUT2D eigenvalue weighted by molar-refractivity contribution is -0.114. The Bertz CT molecular complexity index is 111. The summed E-state index contributed by atoms with van der Waals surface area (Å²) < 4.78 is 0. The number of nitrogens with two attached hydrogens (primary N) is 1. The number of primary amides is 1. The molecular formula is C5H9NOS. The monoisotopic (exact) mass is 131 g/mol. The van der Waals surface area contributed by atoms with Crippen LogP contribution in [0.25, 0.3) is 0 Å². The molecule has 3 heteroatoms. The van der Waals surface area contributed by atoms with Crippen molar-refractivity contribution in [2.75, 3.05) is 5.75 Å². The van der Waals surface area contributed by atoms with Crippen molar-refractivity contribution in [1.82, 2.24) is 0 Å². The van der Waals surface area contributed by atoms with Crippen LogP contribution in [0.4, 0.5) is 0 Å². The Balaban J connectivity index is 3.49. The van der Waals surface area contributed by atoms with Crippen LogP contribution in [0.2, 0.25) is 0 Å². The molecule has 0 heterocycles. The first-order valence-electron chi connectivity index (χ1n) is 2.27. The van der Waals surface area contributed by atoms with Gasteiger partial charge >= 0.3 is 0 Å². The molecule has 0 atom stereocenters. The SMILES string of the molecule is C=C(CCS)C(N)=O. The van der Waals surface area contributed by atoms with Crippen molar-refractivity contribution >= 4 is 18.5 Å². The van der Waals surface area contributed by atoms with Crippen LogP contribution in [-0.4, -0.2) is 11.7 Å². The number of hydrogen-bond acceptors (Lipinski definition) is 2. The lowest BCUT2D eigenvalue weighted by Gasteiger charge is -1.93. The van der Waals surface area contributed by atoms with Gasteiger partial charge < -0.3 is 5.73 Å². The molecule has 0 aromatic rings. The van der Waals surface area contributed by atoms with E-state index in [2.05, 4.69) is 19.2 Å². The molecule has 46 valence electrons. The van der Waals surface area contributed by atoms with Gasteiger partial charge in [-0.15, -0.1) is 0 Å². The van der Waals surface area contributed by atoms with Crippen LogP contribution in [-0.2, 0) is 4.79 Å². The summed E-state index contributed by atoms with van der Waals surface area (Å²) in [7, 11) is 0. The Kier molecular flexibility index (Phi) is 3.35. The molecule has 0 aliphatic rings. The van der Waals surface area contributed by atoms with Gasteiger partial charge in [0.15, 0.2) is 0 Å². The van der Waals surface area contributed by atoms with Gasteiger partial charge in [-0.3, -0.25) is 4.79 Å². The topological polar surface area (TPSA) is 43.1 Å². The zero-order valence-corrected chi connectivity index (χ0v) is 5.45. The van der Waals surface area contributed by atoms with Gasteiger partial charge in [0, 0.05) is 5.57 Å². The highest BCUT2D eigenvalue weighted by molar-refractivity contribution is 7.80. The van der Waals surface area contributed by atoms with Crippen molar-refractivity contribution in [3.63, 3.8) is 0 Å². The van der Waals surface area contributed by atoms with Crippen LogP contribution in [0.3, 0.4) is 0 Å². The Morgan fingerprint density at radius 2 is 2.25 bits per heavy atom. The second-order valence-electron chi connectivity index (χ2n) is 1.44. The van der Waals surface area contributed by atoms with Crippen molar-refractivity contribution in [2.24, 2.45) is 5.73 Å². The highest BCUT2D eigenvalue weighted by Gasteiger charge is 1.96. The molecule has 0 unspecified atom stereocenters. The van der Waals surface area contributed by atoms with E-state index >= 15 is 0 Å². The van der Waals surface area contributed by atoms with E-state index in [0.717, 1.165) is 0 Å². The molecule has 0 aliphatic carbocycles. The van der Waals surface area contributed by atoms with E-state index in [-0.39, 0.29) is 0 Å². The van der Waals surface area contributed by atoms with E-state index in [9.17, 15) is 4.79 Å². The summed E-state index contributed by atoms with van der Waals surface area (Å²) in [4.78, 5) is 10.2. The molecule has 2 nitrogen and oxygen atoms in total. The van der Waals surface area contributed by atoms with Crippen molar-refractivity contribution in [3.05, 3.63) is 12.2 Å². The minimum Gasteiger partial charge on any atom is -0.366 e. The molecule has 8 heavy (non-hydrogen) atoms. The van der Waals surface area contributed by atoms with E-state index in [0.29, 0.717) is 17.7 Å². The highest BCUT2D eigenvalue weighted by atomic mass is 32.1. The van der Waals surface area contributed by atoms with Crippen molar-refractivity contribution in [2.45, 2.75) is 6.42 Å². The van der Waals surface area contributed by atoms with E-state index in [1.807, 2.05) is 0 Å². The molecule has 2 N–H and O–H groups in total. The van der Waals surface area contributed by atoms with Crippen LogP contribution in [0, 0.1) is 0 Å². The minimum atomic E-state index is -0.431. The molecule has 0 aromatic heterocycles. The number of amides is 1. The quantitative estimate of drug-likeness (QED) is 0.421. The first-order chi connectivity index (χ1) is 3.68. The average molecular weight is 131 g/mol. The predicted octanol–water partition coefficient (Wildman–Crippen LogP) is 0.348. The first-order valence-corrected chi connectivity index (χ1v) is 2.90. The molecule has 1 amide bonds. The summed E-state index contributed by atoms with van der Waals surface area (Å²) in [6.45, 7) is 3.42. The van der Waals surface area contributed by atoms with Gasteiger partial charge in [0.1, 0.15) is 0 Å². The lowest BCUT2D eigenvalue weighted by Crippen LogP contribution is -2.12. The molecule has 0 aromatic carbocycles. The zero-order chi connectivity index (χ0) is 6.57. The normalized spacial score (nSPS) is 8.62. The molecule has 0 rings (SSSR count). The fourth-order valence-corrected chi connectivity index (χ4v) is 0.528. The molecule has 0 spiro atoms. The fourth-order valence-electron chi connectivity index (χ4n) is 0.258. The maximum Gasteiger partial charge on any atom is 0.244 e. The van der Waals surface area contributed by atoms with Gasteiger partial charge in [-0.25, -0.2) is 0 Å². The Hall–Kier alpha value is -0.440. The number of hydrogen-bond donors (Lipinski definition) is 2. The summed E-state index contributed by atoms with van der Waals surface area (Å²) in [6.07, 6.45) is 0.582. The third-order valence-corrected chi connectivity index (χ3v) is 0.986. The summed E-state index contributed by atoms with van der Waals surface area (Å²) in [5.74, 6) is 0.195. The maximum absolute atomic E-state index is 10.2. The minimum absolute atomic E-state index is 0.431. The lowest BCUT2D eigenvalue weighted by atomic mass is 10.2. The smallest absolute Gasteiger partial charge is 0.244 e. The van der Waals surface area contributed by atoms with Gasteiger partial charge in [0.2, 0.25) is 5.91 Å². The summed E-state index contributed by atoms with van der Waals surface area (Å²) in [5.41, 5.74) is 5.29. The third-order valence-electron chi connectivity index (χ3n) is 0.762. The van der Waals surface area contributed by atoms with Crippen molar-refractivity contribution in [3.8, 4) is 0 Å². The van der Waals surface area contributed by atoms with E-state index < -0.39 is 5.91 Å². The highest BCUT2D eigenvalue weighted by Crippen LogP contribution is 1.96. The largest absolute Gasteiger partial charge is 0.366 e. The second-order valence-corrected chi connectivity index (χ2v) is 1.89. The third kappa shape index (κ3) is 2.69. The van der Waals surface area contributed by atoms with Gasteiger partial charge in [-0.05, 0) is 12.2 Å². The Morgan fingerprint density at radius 3 is 2.38 bits per heavy atom. The van der Waals surface area contributed by atoms with Crippen LogP contribution < -0.4 is 5.73 Å². The van der Waals surface area contributed by atoms with Gasteiger partial charge in [-0.2, -0.15) is 12.6 Å².